The minimum atomic E-state index is -0.378. The van der Waals surface area contributed by atoms with Gasteiger partial charge >= 0.3 is 0 Å². The number of piperidine rings is 1. The number of hydrogen-bond acceptors (Lipinski definition) is 5. The number of nitrogens with one attached hydrogen (secondary N) is 1. The van der Waals surface area contributed by atoms with E-state index in [1.54, 1.807) is 31.1 Å². The quantitative estimate of drug-likeness (QED) is 0.933. The van der Waals surface area contributed by atoms with Gasteiger partial charge in [-0.2, -0.15) is 4.98 Å². The van der Waals surface area contributed by atoms with Crippen LogP contribution in [0.1, 0.15) is 12.8 Å². The summed E-state index contributed by atoms with van der Waals surface area (Å²) in [5.74, 6) is -0.262. The molecule has 1 saturated heterocycles. The number of hydrogen-bond donors (Lipinski definition) is 1. The number of benzene rings is 1. The number of nitrogens with zero attached hydrogens (tertiary/aromatic N) is 3. The van der Waals surface area contributed by atoms with Gasteiger partial charge in [0.05, 0.1) is 6.54 Å². The fourth-order valence-electron chi connectivity index (χ4n) is 2.72. The predicted octanol–water partition coefficient (Wildman–Crippen LogP) is 1.93. The van der Waals surface area contributed by atoms with E-state index in [2.05, 4.69) is 15.2 Å². The van der Waals surface area contributed by atoms with Crippen molar-refractivity contribution in [3.8, 4) is 0 Å². The van der Waals surface area contributed by atoms with E-state index in [4.69, 9.17) is 4.42 Å². The highest BCUT2D eigenvalue weighted by Gasteiger charge is 2.22. The fourth-order valence-corrected chi connectivity index (χ4v) is 2.72. The zero-order valence-electron chi connectivity index (χ0n) is 13.4. The molecule has 1 aliphatic rings. The Morgan fingerprint density at radius 1 is 1.43 bits per heavy atom. The first-order valence-electron chi connectivity index (χ1n) is 7.77. The van der Waals surface area contributed by atoms with E-state index in [1.807, 2.05) is 0 Å². The molecule has 2 heterocycles. The largest absolute Gasteiger partial charge is 0.423 e. The molecule has 2 aromatic rings. The lowest BCUT2D eigenvalue weighted by atomic mass is 10.1. The number of anilines is 1. The molecule has 0 saturated carbocycles. The monoisotopic (exact) mass is 320 g/mol. The van der Waals surface area contributed by atoms with Gasteiger partial charge in [0.25, 0.3) is 6.01 Å². The van der Waals surface area contributed by atoms with Crippen LogP contribution in [0.4, 0.5) is 10.4 Å². The summed E-state index contributed by atoms with van der Waals surface area (Å²) in [4.78, 5) is 19.6. The normalized spacial score (nSPS) is 16.7. The maximum absolute atomic E-state index is 13.6. The van der Waals surface area contributed by atoms with Crippen LogP contribution in [0.25, 0.3) is 11.1 Å². The molecule has 7 heteroatoms. The Hall–Kier alpha value is -2.15. The molecule has 1 aromatic carbocycles. The lowest BCUT2D eigenvalue weighted by Gasteiger charge is -2.32. The Kier molecular flexibility index (Phi) is 4.47. The molecule has 0 aliphatic carbocycles. The van der Waals surface area contributed by atoms with Gasteiger partial charge in [-0.3, -0.25) is 9.69 Å². The second-order valence-electron chi connectivity index (χ2n) is 6.09. The molecule has 0 atom stereocenters. The summed E-state index contributed by atoms with van der Waals surface area (Å²) in [5, 5.41) is 3.23. The molecule has 1 amide bonds. The van der Waals surface area contributed by atoms with E-state index in [9.17, 15) is 9.18 Å². The average molecular weight is 320 g/mol. The summed E-state index contributed by atoms with van der Waals surface area (Å²) in [6.45, 7) is 2.13. The van der Waals surface area contributed by atoms with Crippen molar-refractivity contribution in [2.24, 2.45) is 0 Å². The lowest BCUT2D eigenvalue weighted by Crippen LogP contribution is -2.43. The fraction of sp³-hybridized carbons (Fsp3) is 0.500. The molecule has 0 radical (unpaired) electrons. The van der Waals surface area contributed by atoms with Crippen molar-refractivity contribution < 1.29 is 13.6 Å². The van der Waals surface area contributed by atoms with Gasteiger partial charge in [-0.25, -0.2) is 4.39 Å². The van der Waals surface area contributed by atoms with E-state index < -0.39 is 0 Å². The van der Waals surface area contributed by atoms with E-state index in [-0.39, 0.29) is 23.3 Å². The molecule has 1 aliphatic heterocycles. The Labute approximate surface area is 134 Å². The molecule has 0 bridgehead atoms. The molecule has 0 unspecified atom stereocenters. The number of oxazole rings is 1. The summed E-state index contributed by atoms with van der Waals surface area (Å²) in [7, 11) is 3.53. The Balaban J connectivity index is 1.56. The van der Waals surface area contributed by atoms with Crippen molar-refractivity contribution in [3.05, 3.63) is 24.0 Å². The zero-order chi connectivity index (χ0) is 16.4. The zero-order valence-corrected chi connectivity index (χ0v) is 13.4. The maximum atomic E-state index is 13.6. The van der Waals surface area contributed by atoms with Crippen LogP contribution in [0, 0.1) is 5.82 Å². The van der Waals surface area contributed by atoms with Crippen LogP contribution < -0.4 is 5.32 Å². The predicted molar refractivity (Wildman–Crippen MR) is 85.7 cm³/mol. The number of halogens is 1. The van der Waals surface area contributed by atoms with Crippen LogP contribution in [-0.2, 0) is 4.79 Å². The highest BCUT2D eigenvalue weighted by Crippen LogP contribution is 2.23. The molecule has 0 spiro atoms. The smallest absolute Gasteiger partial charge is 0.296 e. The average Bonchev–Trinajstić information content (AvgIpc) is 2.93. The van der Waals surface area contributed by atoms with Gasteiger partial charge in [-0.05, 0) is 25.0 Å². The van der Waals surface area contributed by atoms with Gasteiger partial charge in [-0.15, -0.1) is 0 Å². The first-order valence-corrected chi connectivity index (χ1v) is 7.77. The topological polar surface area (TPSA) is 61.6 Å². The van der Waals surface area contributed by atoms with E-state index in [0.29, 0.717) is 18.1 Å². The van der Waals surface area contributed by atoms with Crippen LogP contribution in [0.3, 0.4) is 0 Å². The number of likely N-dealkylation sites (N-methyl/N-ethyl adjacent to an activating group) is 1. The number of aromatic nitrogens is 1. The Morgan fingerprint density at radius 3 is 2.83 bits per heavy atom. The number of likely N-dealkylation sites (tertiary alicyclic amines) is 1. The van der Waals surface area contributed by atoms with Gasteiger partial charge in [0.15, 0.2) is 11.4 Å². The summed E-state index contributed by atoms with van der Waals surface area (Å²) in [6, 6.07) is 5.25. The molecular weight excluding hydrogens is 299 g/mol. The second kappa shape index (κ2) is 6.54. The van der Waals surface area contributed by atoms with Crippen LogP contribution in [0.5, 0.6) is 0 Å². The Bertz CT molecular complexity index is 692. The summed E-state index contributed by atoms with van der Waals surface area (Å²) >= 11 is 0. The Morgan fingerprint density at radius 2 is 2.17 bits per heavy atom. The van der Waals surface area contributed by atoms with E-state index in [1.165, 1.54) is 6.07 Å². The first-order chi connectivity index (χ1) is 11.0. The molecule has 6 nitrogen and oxygen atoms in total. The second-order valence-corrected chi connectivity index (χ2v) is 6.09. The minimum absolute atomic E-state index is 0.117. The van der Waals surface area contributed by atoms with Gasteiger partial charge in [0.1, 0.15) is 5.52 Å². The number of amides is 1. The van der Waals surface area contributed by atoms with Crippen molar-refractivity contribution in [3.63, 3.8) is 0 Å². The molecular formula is C16H21FN4O2. The summed E-state index contributed by atoms with van der Waals surface area (Å²) < 4.78 is 19.2. The lowest BCUT2D eigenvalue weighted by molar-refractivity contribution is -0.130. The van der Waals surface area contributed by atoms with Crippen LogP contribution in [0.15, 0.2) is 22.6 Å². The maximum Gasteiger partial charge on any atom is 0.296 e. The molecule has 3 rings (SSSR count). The molecule has 124 valence electrons. The summed E-state index contributed by atoms with van der Waals surface area (Å²) in [5.41, 5.74) is 0.700. The van der Waals surface area contributed by atoms with Crippen LogP contribution in [0.2, 0.25) is 0 Å². The van der Waals surface area contributed by atoms with Gasteiger partial charge in [0.2, 0.25) is 5.91 Å². The standard InChI is InChI=1S/C16H21FN4O2/c1-20(2)14(22)10-21-8-6-11(7-9-21)18-16-19-15-12(17)4-3-5-13(15)23-16/h3-5,11H,6-10H2,1-2H3,(H,18,19). The van der Waals surface area contributed by atoms with Crippen molar-refractivity contribution in [1.82, 2.24) is 14.8 Å². The van der Waals surface area contributed by atoms with Crippen LogP contribution in [-0.4, -0.2) is 60.5 Å². The number of fused-ring (bicyclic) bond motifs is 1. The van der Waals surface area contributed by atoms with Crippen molar-refractivity contribution >= 4 is 23.0 Å². The van der Waals surface area contributed by atoms with Crippen molar-refractivity contribution in [1.29, 1.82) is 0 Å². The number of para-hydroxylation sites is 1. The number of carbonyl (C=O) groups excluding carboxylic acids is 1. The third kappa shape index (κ3) is 3.61. The SMILES string of the molecule is CN(C)C(=O)CN1CCC(Nc2nc3c(F)cccc3o2)CC1. The van der Waals surface area contributed by atoms with Gasteiger partial charge in [-0.1, -0.05) is 6.07 Å². The molecule has 1 N–H and O–H groups in total. The summed E-state index contributed by atoms with van der Waals surface area (Å²) in [6.07, 6.45) is 1.78. The molecule has 1 fully saturated rings. The number of carbonyl (C=O) groups is 1. The van der Waals surface area contributed by atoms with E-state index >= 15 is 0 Å². The third-order valence-corrected chi connectivity index (χ3v) is 4.14. The molecule has 23 heavy (non-hydrogen) atoms. The van der Waals surface area contributed by atoms with Crippen molar-refractivity contribution in [2.75, 3.05) is 39.0 Å². The minimum Gasteiger partial charge on any atom is -0.423 e. The third-order valence-electron chi connectivity index (χ3n) is 4.14. The highest BCUT2D eigenvalue weighted by molar-refractivity contribution is 5.77. The first kappa shape index (κ1) is 15.7. The highest BCUT2D eigenvalue weighted by atomic mass is 19.1. The number of rotatable bonds is 4. The van der Waals surface area contributed by atoms with Crippen LogP contribution >= 0.6 is 0 Å². The van der Waals surface area contributed by atoms with Crippen molar-refractivity contribution in [2.45, 2.75) is 18.9 Å². The van der Waals surface area contributed by atoms with E-state index in [0.717, 1.165) is 25.9 Å². The van der Waals surface area contributed by atoms with Gasteiger partial charge in [0, 0.05) is 33.2 Å². The molecule has 1 aromatic heterocycles. The van der Waals surface area contributed by atoms with Gasteiger partial charge < -0.3 is 14.6 Å².